The summed E-state index contributed by atoms with van der Waals surface area (Å²) in [5.41, 5.74) is 4.44. The minimum absolute atomic E-state index is 0.156. The van der Waals surface area contributed by atoms with Crippen molar-refractivity contribution in [2.75, 3.05) is 5.32 Å². The van der Waals surface area contributed by atoms with Crippen molar-refractivity contribution in [1.29, 1.82) is 0 Å². The van der Waals surface area contributed by atoms with E-state index in [-0.39, 0.29) is 5.91 Å². The van der Waals surface area contributed by atoms with E-state index in [4.69, 9.17) is 4.98 Å². The van der Waals surface area contributed by atoms with E-state index in [0.717, 1.165) is 22.3 Å². The summed E-state index contributed by atoms with van der Waals surface area (Å²) in [6.07, 6.45) is 7.04. The molecule has 4 aromatic heterocycles. The van der Waals surface area contributed by atoms with Crippen LogP contribution in [0.25, 0.3) is 33.7 Å². The Balaban J connectivity index is 1.83. The minimum Gasteiger partial charge on any atom is -0.332 e. The quantitative estimate of drug-likeness (QED) is 0.614. The van der Waals surface area contributed by atoms with Gasteiger partial charge in [0.25, 0.3) is 0 Å². The van der Waals surface area contributed by atoms with Crippen molar-refractivity contribution in [3.8, 4) is 22.8 Å². The molecular formula is C18H17N7O. The maximum atomic E-state index is 11.4. The van der Waals surface area contributed by atoms with Crippen LogP contribution in [0, 0.1) is 0 Å². The highest BCUT2D eigenvalue weighted by Crippen LogP contribution is 2.27. The molecule has 0 aliphatic heterocycles. The first kappa shape index (κ1) is 15.9. The van der Waals surface area contributed by atoms with Gasteiger partial charge in [0, 0.05) is 38.8 Å². The van der Waals surface area contributed by atoms with Crippen LogP contribution in [0.3, 0.4) is 0 Å². The molecule has 0 aliphatic carbocycles. The van der Waals surface area contributed by atoms with Gasteiger partial charge in [-0.15, -0.1) is 0 Å². The first-order valence-electron chi connectivity index (χ1n) is 8.06. The second kappa shape index (κ2) is 6.07. The van der Waals surface area contributed by atoms with Gasteiger partial charge in [-0.05, 0) is 18.2 Å². The standard InChI is InChI=1S/C18H17N7O/c1-11(26)21-16-9-25(3)23-18(16)15-6-14-12(7-20-15)4-5-13(22-14)17-8-19-10-24(17)2/h4-10H,1-3H3,(H,21,26). The normalized spacial score (nSPS) is 11.0. The molecule has 4 heterocycles. The monoisotopic (exact) mass is 347 g/mol. The Morgan fingerprint density at radius 3 is 2.73 bits per heavy atom. The molecule has 0 unspecified atom stereocenters. The number of nitrogens with zero attached hydrogens (tertiary/aromatic N) is 6. The van der Waals surface area contributed by atoms with Crippen molar-refractivity contribution in [3.63, 3.8) is 0 Å². The van der Waals surface area contributed by atoms with Crippen LogP contribution >= 0.6 is 0 Å². The number of fused-ring (bicyclic) bond motifs is 1. The highest BCUT2D eigenvalue weighted by molar-refractivity contribution is 5.93. The lowest BCUT2D eigenvalue weighted by molar-refractivity contribution is -0.114. The summed E-state index contributed by atoms with van der Waals surface area (Å²) in [4.78, 5) is 24.8. The predicted octanol–water partition coefficient (Wildman–Crippen LogP) is 2.39. The summed E-state index contributed by atoms with van der Waals surface area (Å²) in [5, 5.41) is 8.14. The predicted molar refractivity (Wildman–Crippen MR) is 98.2 cm³/mol. The summed E-state index contributed by atoms with van der Waals surface area (Å²) < 4.78 is 3.57. The van der Waals surface area contributed by atoms with E-state index in [1.165, 1.54) is 6.92 Å². The number of aryl methyl sites for hydroxylation is 2. The van der Waals surface area contributed by atoms with E-state index < -0.39 is 0 Å². The van der Waals surface area contributed by atoms with Crippen molar-refractivity contribution in [1.82, 2.24) is 29.3 Å². The molecule has 1 amide bonds. The summed E-state index contributed by atoms with van der Waals surface area (Å²) in [6.45, 7) is 1.46. The number of carbonyl (C=O) groups is 1. The Morgan fingerprint density at radius 1 is 1.15 bits per heavy atom. The van der Waals surface area contributed by atoms with Crippen molar-refractivity contribution >= 4 is 22.5 Å². The average Bonchev–Trinajstić information content (AvgIpc) is 3.19. The van der Waals surface area contributed by atoms with E-state index in [0.29, 0.717) is 17.1 Å². The summed E-state index contributed by atoms with van der Waals surface area (Å²) in [5.74, 6) is -0.156. The fraction of sp³-hybridized carbons (Fsp3) is 0.167. The zero-order valence-corrected chi connectivity index (χ0v) is 14.6. The number of imidazole rings is 1. The number of hydrogen-bond donors (Lipinski definition) is 1. The Morgan fingerprint density at radius 2 is 2.00 bits per heavy atom. The Labute approximate surface area is 149 Å². The van der Waals surface area contributed by atoms with Gasteiger partial charge in [0.05, 0.1) is 40.8 Å². The molecule has 0 spiro atoms. The first-order valence-corrected chi connectivity index (χ1v) is 8.06. The van der Waals surface area contributed by atoms with Gasteiger partial charge in [-0.25, -0.2) is 9.97 Å². The second-order valence-electron chi connectivity index (χ2n) is 6.09. The van der Waals surface area contributed by atoms with Crippen LogP contribution in [0.1, 0.15) is 6.92 Å². The molecule has 0 atom stereocenters. The number of anilines is 1. The summed E-state index contributed by atoms with van der Waals surface area (Å²) in [6, 6.07) is 5.81. The molecule has 26 heavy (non-hydrogen) atoms. The van der Waals surface area contributed by atoms with Crippen molar-refractivity contribution in [2.45, 2.75) is 6.92 Å². The average molecular weight is 347 g/mol. The van der Waals surface area contributed by atoms with E-state index in [1.54, 1.807) is 36.6 Å². The molecule has 0 bridgehead atoms. The van der Waals surface area contributed by atoms with Gasteiger partial charge in [-0.1, -0.05) is 0 Å². The molecule has 0 aromatic carbocycles. The lowest BCUT2D eigenvalue weighted by Crippen LogP contribution is -2.06. The van der Waals surface area contributed by atoms with Gasteiger partial charge in [0.15, 0.2) is 0 Å². The van der Waals surface area contributed by atoms with Gasteiger partial charge < -0.3 is 9.88 Å². The lowest BCUT2D eigenvalue weighted by atomic mass is 10.1. The number of amides is 1. The van der Waals surface area contributed by atoms with Gasteiger partial charge in [0.1, 0.15) is 5.69 Å². The molecular weight excluding hydrogens is 330 g/mol. The Kier molecular flexibility index (Phi) is 3.72. The Hall–Kier alpha value is -3.55. The molecule has 0 radical (unpaired) electrons. The fourth-order valence-corrected chi connectivity index (χ4v) is 2.85. The maximum absolute atomic E-state index is 11.4. The lowest BCUT2D eigenvalue weighted by Gasteiger charge is -2.06. The van der Waals surface area contributed by atoms with Crippen molar-refractivity contribution in [3.05, 3.63) is 43.1 Å². The third kappa shape index (κ3) is 2.81. The Bertz CT molecular complexity index is 1130. The first-order chi connectivity index (χ1) is 12.5. The van der Waals surface area contributed by atoms with Gasteiger partial charge in [0.2, 0.25) is 5.91 Å². The SMILES string of the molecule is CC(=O)Nc1cn(C)nc1-c1cc2nc(-c3cncn3C)ccc2cn1. The van der Waals surface area contributed by atoms with Crippen LogP contribution in [0.4, 0.5) is 5.69 Å². The number of pyridine rings is 2. The van der Waals surface area contributed by atoms with Gasteiger partial charge in [-0.3, -0.25) is 14.5 Å². The molecule has 4 rings (SSSR count). The molecule has 0 saturated carbocycles. The van der Waals surface area contributed by atoms with Crippen LogP contribution in [0.5, 0.6) is 0 Å². The zero-order valence-electron chi connectivity index (χ0n) is 14.6. The third-order valence-corrected chi connectivity index (χ3v) is 4.03. The van der Waals surface area contributed by atoms with E-state index in [9.17, 15) is 4.79 Å². The topological polar surface area (TPSA) is 90.5 Å². The highest BCUT2D eigenvalue weighted by atomic mass is 16.1. The molecule has 1 N–H and O–H groups in total. The molecule has 130 valence electrons. The van der Waals surface area contributed by atoms with E-state index >= 15 is 0 Å². The largest absolute Gasteiger partial charge is 0.332 e. The van der Waals surface area contributed by atoms with Crippen LogP contribution < -0.4 is 5.32 Å². The number of rotatable bonds is 3. The number of carbonyl (C=O) groups excluding carboxylic acids is 1. The molecule has 8 heteroatoms. The maximum Gasteiger partial charge on any atom is 0.221 e. The van der Waals surface area contributed by atoms with Crippen LogP contribution in [-0.2, 0) is 18.9 Å². The zero-order chi connectivity index (χ0) is 18.3. The van der Waals surface area contributed by atoms with Gasteiger partial charge >= 0.3 is 0 Å². The van der Waals surface area contributed by atoms with Crippen LogP contribution in [0.15, 0.2) is 43.1 Å². The summed E-state index contributed by atoms with van der Waals surface area (Å²) in [7, 11) is 3.73. The van der Waals surface area contributed by atoms with Crippen molar-refractivity contribution in [2.24, 2.45) is 14.1 Å². The fourth-order valence-electron chi connectivity index (χ4n) is 2.85. The second-order valence-corrected chi connectivity index (χ2v) is 6.09. The van der Waals surface area contributed by atoms with E-state index in [2.05, 4.69) is 20.4 Å². The molecule has 8 nitrogen and oxygen atoms in total. The minimum atomic E-state index is -0.156. The highest BCUT2D eigenvalue weighted by Gasteiger charge is 2.14. The molecule has 0 saturated heterocycles. The van der Waals surface area contributed by atoms with Crippen LogP contribution in [0.2, 0.25) is 0 Å². The molecule has 0 fully saturated rings. The third-order valence-electron chi connectivity index (χ3n) is 4.03. The summed E-state index contributed by atoms with van der Waals surface area (Å²) >= 11 is 0. The number of aromatic nitrogens is 6. The van der Waals surface area contributed by atoms with Crippen LogP contribution in [-0.4, -0.2) is 35.2 Å². The van der Waals surface area contributed by atoms with Gasteiger partial charge in [-0.2, -0.15) is 5.10 Å². The number of nitrogens with one attached hydrogen (secondary N) is 1. The van der Waals surface area contributed by atoms with Crippen molar-refractivity contribution < 1.29 is 4.79 Å². The molecule has 4 aromatic rings. The van der Waals surface area contributed by atoms with E-state index in [1.807, 2.05) is 29.8 Å². The molecule has 0 aliphatic rings. The smallest absolute Gasteiger partial charge is 0.221 e. The number of hydrogen-bond acceptors (Lipinski definition) is 5.